The minimum atomic E-state index is 0.220. The van der Waals surface area contributed by atoms with Gasteiger partial charge in [-0.1, -0.05) is 6.92 Å². The van der Waals surface area contributed by atoms with E-state index in [-0.39, 0.29) is 5.66 Å². The van der Waals surface area contributed by atoms with Crippen molar-refractivity contribution in [1.29, 1.82) is 0 Å². The average molecular weight is 393 g/mol. The van der Waals surface area contributed by atoms with Crippen LogP contribution in [-0.4, -0.2) is 78.8 Å². The SMILES string of the molecule is CC(CC1CCCN(C(C)C)CC1)C1CCN(C(C)(C)N2CCNCC2)CC1. The summed E-state index contributed by atoms with van der Waals surface area (Å²) < 4.78 is 0. The van der Waals surface area contributed by atoms with Crippen LogP contribution in [0.5, 0.6) is 0 Å². The molecule has 4 heteroatoms. The van der Waals surface area contributed by atoms with E-state index in [2.05, 4.69) is 54.6 Å². The molecule has 4 nitrogen and oxygen atoms in total. The van der Waals surface area contributed by atoms with Crippen molar-refractivity contribution in [3.63, 3.8) is 0 Å². The van der Waals surface area contributed by atoms with E-state index in [1.54, 1.807) is 0 Å². The molecule has 2 unspecified atom stereocenters. The molecule has 3 aliphatic heterocycles. The van der Waals surface area contributed by atoms with Gasteiger partial charge in [0, 0.05) is 45.3 Å². The van der Waals surface area contributed by atoms with E-state index in [1.807, 2.05) is 0 Å². The highest BCUT2D eigenvalue weighted by Crippen LogP contribution is 2.35. The lowest BCUT2D eigenvalue weighted by Crippen LogP contribution is -2.62. The van der Waals surface area contributed by atoms with Crippen LogP contribution in [0, 0.1) is 17.8 Å². The van der Waals surface area contributed by atoms with Crippen LogP contribution in [-0.2, 0) is 0 Å². The van der Waals surface area contributed by atoms with Crippen LogP contribution in [0.2, 0.25) is 0 Å². The Bertz CT molecular complexity index is 450. The van der Waals surface area contributed by atoms with Crippen LogP contribution in [0.1, 0.15) is 73.1 Å². The maximum atomic E-state index is 3.50. The summed E-state index contributed by atoms with van der Waals surface area (Å²) in [5.74, 6) is 2.81. The number of piperidine rings is 1. The Morgan fingerprint density at radius 3 is 2.11 bits per heavy atom. The molecule has 0 aromatic carbocycles. The molecule has 0 spiro atoms. The fourth-order valence-electron chi connectivity index (χ4n) is 6.09. The first-order valence-electron chi connectivity index (χ1n) is 12.3. The largest absolute Gasteiger partial charge is 0.314 e. The number of hydrogen-bond acceptors (Lipinski definition) is 4. The Labute approximate surface area is 175 Å². The maximum absolute atomic E-state index is 3.50. The highest BCUT2D eigenvalue weighted by atomic mass is 15.4. The lowest BCUT2D eigenvalue weighted by molar-refractivity contribution is -0.0586. The molecule has 0 aromatic rings. The monoisotopic (exact) mass is 392 g/mol. The fraction of sp³-hybridized carbons (Fsp3) is 1.00. The first kappa shape index (κ1) is 22.5. The fourth-order valence-corrected chi connectivity index (χ4v) is 6.09. The van der Waals surface area contributed by atoms with Crippen molar-refractivity contribution in [2.75, 3.05) is 52.4 Å². The van der Waals surface area contributed by atoms with Crippen LogP contribution in [0.15, 0.2) is 0 Å². The molecule has 0 saturated carbocycles. The van der Waals surface area contributed by atoms with Gasteiger partial charge in [0.2, 0.25) is 0 Å². The normalized spacial score (nSPS) is 29.1. The van der Waals surface area contributed by atoms with Crippen molar-refractivity contribution >= 4 is 0 Å². The van der Waals surface area contributed by atoms with Crippen molar-refractivity contribution < 1.29 is 0 Å². The van der Waals surface area contributed by atoms with Crippen LogP contribution in [0.4, 0.5) is 0 Å². The second-order valence-corrected chi connectivity index (χ2v) is 10.7. The Morgan fingerprint density at radius 2 is 1.46 bits per heavy atom. The smallest absolute Gasteiger partial charge is 0.0680 e. The highest BCUT2D eigenvalue weighted by Gasteiger charge is 2.37. The molecule has 0 radical (unpaired) electrons. The van der Waals surface area contributed by atoms with Gasteiger partial charge in [-0.15, -0.1) is 0 Å². The molecule has 1 N–H and O–H groups in total. The van der Waals surface area contributed by atoms with Gasteiger partial charge < -0.3 is 10.2 Å². The lowest BCUT2D eigenvalue weighted by atomic mass is 9.78. The topological polar surface area (TPSA) is 21.8 Å². The van der Waals surface area contributed by atoms with Crippen molar-refractivity contribution in [1.82, 2.24) is 20.0 Å². The van der Waals surface area contributed by atoms with Crippen LogP contribution in [0.3, 0.4) is 0 Å². The number of nitrogens with one attached hydrogen (secondary N) is 1. The van der Waals surface area contributed by atoms with Gasteiger partial charge in [0.05, 0.1) is 5.66 Å². The van der Waals surface area contributed by atoms with E-state index in [1.165, 1.54) is 77.8 Å². The first-order valence-corrected chi connectivity index (χ1v) is 12.3. The van der Waals surface area contributed by atoms with Crippen molar-refractivity contribution in [2.45, 2.75) is 84.8 Å². The van der Waals surface area contributed by atoms with E-state index in [9.17, 15) is 0 Å². The number of piperazine rings is 1. The quantitative estimate of drug-likeness (QED) is 0.740. The zero-order valence-corrected chi connectivity index (χ0v) is 19.6. The van der Waals surface area contributed by atoms with E-state index in [0.29, 0.717) is 0 Å². The van der Waals surface area contributed by atoms with Gasteiger partial charge >= 0.3 is 0 Å². The summed E-state index contributed by atoms with van der Waals surface area (Å²) in [7, 11) is 0. The second-order valence-electron chi connectivity index (χ2n) is 10.7. The molecule has 3 heterocycles. The van der Waals surface area contributed by atoms with Crippen molar-refractivity contribution in [3.05, 3.63) is 0 Å². The molecule has 0 amide bonds. The van der Waals surface area contributed by atoms with Gasteiger partial charge in [0.1, 0.15) is 0 Å². The number of likely N-dealkylation sites (tertiary alicyclic amines) is 2. The molecule has 3 fully saturated rings. The predicted molar refractivity (Wildman–Crippen MR) is 121 cm³/mol. The van der Waals surface area contributed by atoms with Crippen LogP contribution < -0.4 is 5.32 Å². The van der Waals surface area contributed by atoms with Crippen LogP contribution >= 0.6 is 0 Å². The standard InChI is InChI=1S/C24H48N4/c1-20(2)26-13-6-7-22(8-14-26)19-21(3)23-9-15-27(16-10-23)24(4,5)28-17-11-25-12-18-28/h20-23,25H,6-19H2,1-5H3. The van der Waals surface area contributed by atoms with Crippen molar-refractivity contribution in [2.24, 2.45) is 17.8 Å². The molecular weight excluding hydrogens is 344 g/mol. The summed E-state index contributed by atoms with van der Waals surface area (Å²) in [4.78, 5) is 8.16. The van der Waals surface area contributed by atoms with Gasteiger partial charge in [-0.05, 0) is 97.1 Å². The molecule has 3 aliphatic rings. The summed E-state index contributed by atoms with van der Waals surface area (Å²) in [6.07, 6.45) is 8.58. The molecule has 0 aromatic heterocycles. The molecular formula is C24H48N4. The third kappa shape index (κ3) is 5.71. The molecule has 28 heavy (non-hydrogen) atoms. The minimum Gasteiger partial charge on any atom is -0.314 e. The summed E-state index contributed by atoms with van der Waals surface area (Å²) in [6.45, 7) is 22.1. The zero-order chi connectivity index (χ0) is 20.1. The Hall–Kier alpha value is -0.160. The third-order valence-corrected chi connectivity index (χ3v) is 8.33. The zero-order valence-electron chi connectivity index (χ0n) is 19.6. The minimum absolute atomic E-state index is 0.220. The summed E-state index contributed by atoms with van der Waals surface area (Å²) in [5.41, 5.74) is 0.220. The molecule has 2 atom stereocenters. The van der Waals surface area contributed by atoms with E-state index < -0.39 is 0 Å². The van der Waals surface area contributed by atoms with E-state index >= 15 is 0 Å². The van der Waals surface area contributed by atoms with Crippen molar-refractivity contribution in [3.8, 4) is 0 Å². The number of hydrogen-bond donors (Lipinski definition) is 1. The number of rotatable bonds is 6. The molecule has 0 aliphatic carbocycles. The molecule has 0 bridgehead atoms. The Balaban J connectivity index is 1.44. The molecule has 164 valence electrons. The summed E-state index contributed by atoms with van der Waals surface area (Å²) in [6, 6.07) is 0.722. The first-order chi connectivity index (χ1) is 13.4. The predicted octanol–water partition coefficient (Wildman–Crippen LogP) is 3.88. The van der Waals surface area contributed by atoms with Gasteiger partial charge in [-0.3, -0.25) is 9.80 Å². The van der Waals surface area contributed by atoms with E-state index in [0.717, 1.165) is 36.9 Å². The van der Waals surface area contributed by atoms with Gasteiger partial charge in [0.25, 0.3) is 0 Å². The Morgan fingerprint density at radius 1 is 0.821 bits per heavy atom. The summed E-state index contributed by atoms with van der Waals surface area (Å²) in [5, 5.41) is 3.50. The molecule has 3 rings (SSSR count). The van der Waals surface area contributed by atoms with Gasteiger partial charge in [-0.25, -0.2) is 0 Å². The summed E-state index contributed by atoms with van der Waals surface area (Å²) >= 11 is 0. The second kappa shape index (κ2) is 10.2. The maximum Gasteiger partial charge on any atom is 0.0680 e. The van der Waals surface area contributed by atoms with Crippen LogP contribution in [0.25, 0.3) is 0 Å². The molecule has 3 saturated heterocycles. The Kier molecular flexibility index (Phi) is 8.23. The van der Waals surface area contributed by atoms with Gasteiger partial charge in [-0.2, -0.15) is 0 Å². The average Bonchev–Trinajstić information content (AvgIpc) is 2.94. The highest BCUT2D eigenvalue weighted by molar-refractivity contribution is 4.89. The van der Waals surface area contributed by atoms with Gasteiger partial charge in [0.15, 0.2) is 0 Å². The van der Waals surface area contributed by atoms with E-state index in [4.69, 9.17) is 0 Å². The lowest BCUT2D eigenvalue weighted by Gasteiger charge is -2.51. The third-order valence-electron chi connectivity index (χ3n) is 8.33. The number of nitrogens with zero attached hydrogens (tertiary/aromatic N) is 3.